The summed E-state index contributed by atoms with van der Waals surface area (Å²) >= 11 is 1.50. The first kappa shape index (κ1) is 10.6. The lowest BCUT2D eigenvalue weighted by Gasteiger charge is -2.13. The van der Waals surface area contributed by atoms with E-state index in [0.29, 0.717) is 6.04 Å². The summed E-state index contributed by atoms with van der Waals surface area (Å²) in [5.41, 5.74) is 0.946. The van der Waals surface area contributed by atoms with Crippen LogP contribution in [0.25, 0.3) is 0 Å². The third-order valence-corrected chi connectivity index (χ3v) is 3.33. The number of carbonyl (C=O) groups is 1. The third kappa shape index (κ3) is 2.54. The fourth-order valence-corrected chi connectivity index (χ4v) is 2.19. The summed E-state index contributed by atoms with van der Waals surface area (Å²) in [7, 11) is 1.41. The van der Waals surface area contributed by atoms with Crippen LogP contribution in [0.4, 0.5) is 0 Å². The molecule has 0 amide bonds. The molecule has 2 rings (SSSR count). The zero-order chi connectivity index (χ0) is 10.8. The van der Waals surface area contributed by atoms with Gasteiger partial charge in [-0.1, -0.05) is 0 Å². The molecule has 0 aromatic carbocycles. The lowest BCUT2D eigenvalue weighted by Crippen LogP contribution is -2.31. The van der Waals surface area contributed by atoms with Gasteiger partial charge in [-0.2, -0.15) is 0 Å². The minimum Gasteiger partial charge on any atom is -0.468 e. The lowest BCUT2D eigenvalue weighted by molar-refractivity contribution is -0.143. The Morgan fingerprint density at radius 3 is 2.93 bits per heavy atom. The molecule has 1 heterocycles. The van der Waals surface area contributed by atoms with E-state index in [-0.39, 0.29) is 12.0 Å². The number of aryl methyl sites for hydroxylation is 1. The van der Waals surface area contributed by atoms with Crippen molar-refractivity contribution in [1.29, 1.82) is 0 Å². The van der Waals surface area contributed by atoms with E-state index in [1.807, 2.05) is 12.3 Å². The Labute approximate surface area is 92.7 Å². The zero-order valence-corrected chi connectivity index (χ0v) is 9.63. The highest BCUT2D eigenvalue weighted by molar-refractivity contribution is 7.09. The van der Waals surface area contributed by atoms with Crippen molar-refractivity contribution in [3.05, 3.63) is 16.1 Å². The molecular weight excluding hydrogens is 212 g/mol. The van der Waals surface area contributed by atoms with Crippen LogP contribution < -0.4 is 5.32 Å². The maximum absolute atomic E-state index is 11.6. The van der Waals surface area contributed by atoms with E-state index in [2.05, 4.69) is 10.3 Å². The largest absolute Gasteiger partial charge is 0.468 e. The monoisotopic (exact) mass is 226 g/mol. The van der Waals surface area contributed by atoms with Gasteiger partial charge in [0.25, 0.3) is 0 Å². The van der Waals surface area contributed by atoms with Crippen molar-refractivity contribution in [2.24, 2.45) is 0 Å². The number of esters is 1. The molecule has 1 aromatic rings. The molecule has 0 bridgehead atoms. The van der Waals surface area contributed by atoms with Gasteiger partial charge in [-0.3, -0.25) is 5.32 Å². The first-order valence-electron chi connectivity index (χ1n) is 4.96. The van der Waals surface area contributed by atoms with Crippen molar-refractivity contribution < 1.29 is 9.53 Å². The Hall–Kier alpha value is -0.940. The molecule has 1 fully saturated rings. The average molecular weight is 226 g/mol. The molecule has 1 saturated carbocycles. The normalized spacial score (nSPS) is 17.5. The number of aromatic nitrogens is 1. The second-order valence-electron chi connectivity index (χ2n) is 3.72. The number of nitrogens with zero attached hydrogens (tertiary/aromatic N) is 1. The predicted molar refractivity (Wildman–Crippen MR) is 57.8 cm³/mol. The van der Waals surface area contributed by atoms with Crippen LogP contribution in [0.3, 0.4) is 0 Å². The van der Waals surface area contributed by atoms with Crippen LogP contribution in [0, 0.1) is 6.92 Å². The summed E-state index contributed by atoms with van der Waals surface area (Å²) in [6, 6.07) is 0.0690. The van der Waals surface area contributed by atoms with Crippen LogP contribution in [-0.2, 0) is 9.53 Å². The summed E-state index contributed by atoms with van der Waals surface area (Å²) < 4.78 is 4.77. The first-order chi connectivity index (χ1) is 7.20. The highest BCUT2D eigenvalue weighted by Crippen LogP contribution is 2.26. The van der Waals surface area contributed by atoms with Gasteiger partial charge >= 0.3 is 5.97 Å². The maximum atomic E-state index is 11.6. The van der Waals surface area contributed by atoms with Gasteiger partial charge in [0.2, 0.25) is 0 Å². The maximum Gasteiger partial charge on any atom is 0.330 e. The molecule has 0 radical (unpaired) electrons. The summed E-state index contributed by atoms with van der Waals surface area (Å²) in [5, 5.41) is 5.99. The smallest absolute Gasteiger partial charge is 0.330 e. The van der Waals surface area contributed by atoms with Gasteiger partial charge in [-0.15, -0.1) is 11.3 Å². The zero-order valence-electron chi connectivity index (χ0n) is 8.82. The van der Waals surface area contributed by atoms with Gasteiger partial charge in [-0.05, 0) is 19.8 Å². The van der Waals surface area contributed by atoms with Gasteiger partial charge < -0.3 is 4.74 Å². The number of rotatable bonds is 4. The topological polar surface area (TPSA) is 51.2 Å². The van der Waals surface area contributed by atoms with Crippen molar-refractivity contribution in [2.45, 2.75) is 31.8 Å². The van der Waals surface area contributed by atoms with Gasteiger partial charge in [-0.25, -0.2) is 9.78 Å². The fourth-order valence-electron chi connectivity index (χ4n) is 1.35. The molecule has 1 aromatic heterocycles. The molecule has 4 nitrogen and oxygen atoms in total. The second kappa shape index (κ2) is 4.28. The van der Waals surface area contributed by atoms with Crippen LogP contribution in [0.15, 0.2) is 5.38 Å². The van der Waals surface area contributed by atoms with E-state index in [1.165, 1.54) is 18.4 Å². The Morgan fingerprint density at radius 2 is 2.47 bits per heavy atom. The minimum absolute atomic E-state index is 0.253. The number of methoxy groups -OCH3 is 1. The molecule has 0 saturated heterocycles. The summed E-state index contributed by atoms with van der Waals surface area (Å²) in [6.45, 7) is 1.92. The molecule has 0 spiro atoms. The summed E-state index contributed by atoms with van der Waals surface area (Å²) in [5.74, 6) is -0.253. The Kier molecular flexibility index (Phi) is 3.02. The van der Waals surface area contributed by atoms with Crippen molar-refractivity contribution in [3.8, 4) is 0 Å². The minimum atomic E-state index is -0.388. The molecule has 82 valence electrons. The molecule has 1 N–H and O–H groups in total. The van der Waals surface area contributed by atoms with Crippen LogP contribution in [0.1, 0.15) is 29.6 Å². The van der Waals surface area contributed by atoms with Gasteiger partial charge in [0.05, 0.1) is 7.11 Å². The highest BCUT2D eigenvalue weighted by atomic mass is 32.1. The van der Waals surface area contributed by atoms with Crippen LogP contribution in [0.5, 0.6) is 0 Å². The average Bonchev–Trinajstić information content (AvgIpc) is 2.96. The number of thiazole rings is 1. The van der Waals surface area contributed by atoms with E-state index in [9.17, 15) is 4.79 Å². The highest BCUT2D eigenvalue weighted by Gasteiger charge is 2.31. The Morgan fingerprint density at radius 1 is 1.73 bits per heavy atom. The van der Waals surface area contributed by atoms with Gasteiger partial charge in [0.1, 0.15) is 5.01 Å². The molecule has 5 heteroatoms. The van der Waals surface area contributed by atoms with E-state index in [4.69, 9.17) is 4.74 Å². The van der Waals surface area contributed by atoms with Crippen molar-refractivity contribution in [3.63, 3.8) is 0 Å². The SMILES string of the molecule is COC(=O)C(NC1CC1)c1nc(C)cs1. The lowest BCUT2D eigenvalue weighted by atomic mass is 10.3. The fraction of sp³-hybridized carbons (Fsp3) is 0.600. The number of hydrogen-bond donors (Lipinski definition) is 1. The number of nitrogens with one attached hydrogen (secondary N) is 1. The predicted octanol–water partition coefficient (Wildman–Crippen LogP) is 1.42. The van der Waals surface area contributed by atoms with E-state index in [1.54, 1.807) is 0 Å². The van der Waals surface area contributed by atoms with E-state index >= 15 is 0 Å². The quantitative estimate of drug-likeness (QED) is 0.789. The molecule has 1 atom stereocenters. The molecule has 1 unspecified atom stereocenters. The molecule has 15 heavy (non-hydrogen) atoms. The van der Waals surface area contributed by atoms with Crippen molar-refractivity contribution in [1.82, 2.24) is 10.3 Å². The van der Waals surface area contributed by atoms with Crippen molar-refractivity contribution >= 4 is 17.3 Å². The molecule has 1 aliphatic rings. The van der Waals surface area contributed by atoms with Crippen LogP contribution in [0.2, 0.25) is 0 Å². The Balaban J connectivity index is 2.12. The third-order valence-electron chi connectivity index (χ3n) is 2.30. The van der Waals surface area contributed by atoms with Crippen molar-refractivity contribution in [2.75, 3.05) is 7.11 Å². The Bertz CT molecular complexity index is 360. The standard InChI is InChI=1S/C10H14N2O2S/c1-6-5-15-9(11-6)8(10(13)14-2)12-7-3-4-7/h5,7-8,12H,3-4H2,1-2H3. The second-order valence-corrected chi connectivity index (χ2v) is 4.61. The van der Waals surface area contributed by atoms with Gasteiger partial charge in [0, 0.05) is 17.1 Å². The van der Waals surface area contributed by atoms with Gasteiger partial charge in [0.15, 0.2) is 6.04 Å². The van der Waals surface area contributed by atoms with E-state index in [0.717, 1.165) is 23.5 Å². The number of carbonyl (C=O) groups excluding carboxylic acids is 1. The first-order valence-corrected chi connectivity index (χ1v) is 5.84. The van der Waals surface area contributed by atoms with Crippen LogP contribution in [-0.4, -0.2) is 24.1 Å². The molecular formula is C10H14N2O2S. The molecule has 0 aliphatic heterocycles. The van der Waals surface area contributed by atoms with E-state index < -0.39 is 0 Å². The summed E-state index contributed by atoms with van der Waals surface area (Å²) in [6.07, 6.45) is 2.27. The molecule has 1 aliphatic carbocycles. The van der Waals surface area contributed by atoms with Crippen LogP contribution >= 0.6 is 11.3 Å². The summed E-state index contributed by atoms with van der Waals surface area (Å²) in [4.78, 5) is 15.9. The number of hydrogen-bond acceptors (Lipinski definition) is 5. The number of ether oxygens (including phenoxy) is 1.